The molecule has 1 heterocycles. The fourth-order valence-corrected chi connectivity index (χ4v) is 2.16. The molecule has 0 fully saturated rings. The molecule has 0 saturated carbocycles. The van der Waals surface area contributed by atoms with Gasteiger partial charge in [0.2, 0.25) is 0 Å². The average Bonchev–Trinajstić information content (AvgIpc) is 2.80. The van der Waals surface area contributed by atoms with E-state index in [1.807, 2.05) is 7.05 Å². The number of rotatable bonds is 7. The lowest BCUT2D eigenvalue weighted by Gasteiger charge is -2.07. The van der Waals surface area contributed by atoms with E-state index in [1.54, 1.807) is 0 Å². The van der Waals surface area contributed by atoms with Crippen LogP contribution in [0.5, 0.6) is 0 Å². The van der Waals surface area contributed by atoms with Gasteiger partial charge in [-0.25, -0.2) is 0 Å². The molecule has 18 heavy (non-hydrogen) atoms. The van der Waals surface area contributed by atoms with E-state index in [2.05, 4.69) is 40.3 Å². The van der Waals surface area contributed by atoms with E-state index in [0.717, 1.165) is 13.1 Å². The van der Waals surface area contributed by atoms with Gasteiger partial charge in [-0.05, 0) is 24.7 Å². The standard InChI is InChI=1S/C14H20N2O2/c1-15-11-12-3-2-4-14-13(12)5-6-16(14)7-9-18-10-8-17/h2-6,15,17H,7-11H2,1H3. The zero-order valence-corrected chi connectivity index (χ0v) is 10.7. The molecule has 0 aliphatic heterocycles. The largest absolute Gasteiger partial charge is 0.394 e. The van der Waals surface area contributed by atoms with Gasteiger partial charge in [0, 0.05) is 30.2 Å². The first kappa shape index (κ1) is 13.1. The number of aliphatic hydroxyl groups is 1. The van der Waals surface area contributed by atoms with Crippen molar-refractivity contribution in [3.8, 4) is 0 Å². The SMILES string of the molecule is CNCc1cccc2c1ccn2CCOCCO. The van der Waals surface area contributed by atoms with Crippen LogP contribution in [0.1, 0.15) is 5.56 Å². The summed E-state index contributed by atoms with van der Waals surface area (Å²) in [4.78, 5) is 0. The summed E-state index contributed by atoms with van der Waals surface area (Å²) in [6.07, 6.45) is 2.09. The molecular weight excluding hydrogens is 228 g/mol. The van der Waals surface area contributed by atoms with Crippen LogP contribution >= 0.6 is 0 Å². The van der Waals surface area contributed by atoms with E-state index in [1.165, 1.54) is 16.5 Å². The quantitative estimate of drug-likeness (QED) is 0.728. The van der Waals surface area contributed by atoms with Gasteiger partial charge in [-0.15, -0.1) is 0 Å². The molecule has 0 spiro atoms. The third-order valence-corrected chi connectivity index (χ3v) is 2.98. The summed E-state index contributed by atoms with van der Waals surface area (Å²) in [6, 6.07) is 8.50. The number of aliphatic hydroxyl groups excluding tert-OH is 1. The van der Waals surface area contributed by atoms with Crippen molar-refractivity contribution in [3.05, 3.63) is 36.0 Å². The summed E-state index contributed by atoms with van der Waals surface area (Å²) in [5.41, 5.74) is 2.54. The highest BCUT2D eigenvalue weighted by atomic mass is 16.5. The number of aromatic nitrogens is 1. The van der Waals surface area contributed by atoms with Crippen LogP contribution in [0.3, 0.4) is 0 Å². The lowest BCUT2D eigenvalue weighted by atomic mass is 10.1. The van der Waals surface area contributed by atoms with Crippen LogP contribution < -0.4 is 5.32 Å². The summed E-state index contributed by atoms with van der Waals surface area (Å²) < 4.78 is 7.49. The molecule has 98 valence electrons. The normalized spacial score (nSPS) is 11.2. The fourth-order valence-electron chi connectivity index (χ4n) is 2.16. The molecule has 2 aromatic rings. The van der Waals surface area contributed by atoms with Crippen molar-refractivity contribution in [2.24, 2.45) is 0 Å². The van der Waals surface area contributed by atoms with Crippen molar-refractivity contribution >= 4 is 10.9 Å². The number of fused-ring (bicyclic) bond motifs is 1. The molecule has 0 amide bonds. The second-order valence-corrected chi connectivity index (χ2v) is 4.23. The molecule has 2 N–H and O–H groups in total. The Morgan fingerprint density at radius 3 is 2.94 bits per heavy atom. The molecule has 4 nitrogen and oxygen atoms in total. The highest BCUT2D eigenvalue weighted by molar-refractivity contribution is 5.83. The van der Waals surface area contributed by atoms with Gasteiger partial charge in [0.05, 0.1) is 19.8 Å². The minimum absolute atomic E-state index is 0.0821. The summed E-state index contributed by atoms with van der Waals surface area (Å²) >= 11 is 0. The third kappa shape index (κ3) is 2.90. The Labute approximate surface area is 107 Å². The number of benzene rings is 1. The maximum atomic E-state index is 8.65. The second-order valence-electron chi connectivity index (χ2n) is 4.23. The van der Waals surface area contributed by atoms with Gasteiger partial charge in [0.25, 0.3) is 0 Å². The molecule has 0 aliphatic rings. The van der Waals surface area contributed by atoms with Gasteiger partial charge >= 0.3 is 0 Å². The van der Waals surface area contributed by atoms with Gasteiger partial charge in [-0.1, -0.05) is 12.1 Å². The predicted octanol–water partition coefficient (Wildman–Crippen LogP) is 1.37. The lowest BCUT2D eigenvalue weighted by Crippen LogP contribution is -2.08. The van der Waals surface area contributed by atoms with Crippen molar-refractivity contribution in [1.82, 2.24) is 9.88 Å². The molecule has 1 aromatic carbocycles. The Morgan fingerprint density at radius 1 is 1.28 bits per heavy atom. The molecule has 0 saturated heterocycles. The number of nitrogens with one attached hydrogen (secondary N) is 1. The maximum absolute atomic E-state index is 8.65. The van der Waals surface area contributed by atoms with Crippen molar-refractivity contribution in [2.45, 2.75) is 13.1 Å². The number of hydrogen-bond acceptors (Lipinski definition) is 3. The maximum Gasteiger partial charge on any atom is 0.0698 e. The van der Waals surface area contributed by atoms with E-state index >= 15 is 0 Å². The van der Waals surface area contributed by atoms with E-state index < -0.39 is 0 Å². The first-order chi connectivity index (χ1) is 8.86. The topological polar surface area (TPSA) is 46.4 Å². The van der Waals surface area contributed by atoms with Gasteiger partial charge < -0.3 is 19.7 Å². The van der Waals surface area contributed by atoms with Gasteiger partial charge in [0.1, 0.15) is 0 Å². The average molecular weight is 248 g/mol. The highest BCUT2D eigenvalue weighted by Gasteiger charge is 2.04. The van der Waals surface area contributed by atoms with Crippen LogP contribution in [-0.4, -0.2) is 36.5 Å². The van der Waals surface area contributed by atoms with Crippen molar-refractivity contribution in [3.63, 3.8) is 0 Å². The zero-order valence-electron chi connectivity index (χ0n) is 10.7. The second kappa shape index (κ2) is 6.54. The van der Waals surface area contributed by atoms with Crippen LogP contribution in [0.15, 0.2) is 30.5 Å². The third-order valence-electron chi connectivity index (χ3n) is 2.98. The summed E-state index contributed by atoms with van der Waals surface area (Å²) in [7, 11) is 1.96. The number of ether oxygens (including phenoxy) is 1. The first-order valence-corrected chi connectivity index (χ1v) is 6.26. The van der Waals surface area contributed by atoms with Crippen molar-refractivity contribution < 1.29 is 9.84 Å². The Morgan fingerprint density at radius 2 is 2.17 bits per heavy atom. The Bertz CT molecular complexity index is 493. The van der Waals surface area contributed by atoms with Crippen molar-refractivity contribution in [1.29, 1.82) is 0 Å². The van der Waals surface area contributed by atoms with Gasteiger partial charge in [-0.3, -0.25) is 0 Å². The van der Waals surface area contributed by atoms with Crippen LogP contribution in [-0.2, 0) is 17.8 Å². The lowest BCUT2D eigenvalue weighted by molar-refractivity contribution is 0.0875. The molecule has 0 aliphatic carbocycles. The Hall–Kier alpha value is -1.36. The number of nitrogens with zero attached hydrogens (tertiary/aromatic N) is 1. The summed E-state index contributed by atoms with van der Waals surface area (Å²) in [5.74, 6) is 0. The monoisotopic (exact) mass is 248 g/mol. The summed E-state index contributed by atoms with van der Waals surface area (Å²) in [6.45, 7) is 2.80. The van der Waals surface area contributed by atoms with E-state index in [4.69, 9.17) is 9.84 Å². The van der Waals surface area contributed by atoms with Crippen LogP contribution in [0.2, 0.25) is 0 Å². The number of hydrogen-bond donors (Lipinski definition) is 2. The predicted molar refractivity (Wildman–Crippen MR) is 72.6 cm³/mol. The van der Waals surface area contributed by atoms with Crippen LogP contribution in [0.4, 0.5) is 0 Å². The molecule has 0 unspecified atom stereocenters. The van der Waals surface area contributed by atoms with E-state index in [0.29, 0.717) is 13.2 Å². The van der Waals surface area contributed by atoms with E-state index in [9.17, 15) is 0 Å². The molecule has 1 aromatic heterocycles. The first-order valence-electron chi connectivity index (χ1n) is 6.26. The molecule has 0 radical (unpaired) electrons. The van der Waals surface area contributed by atoms with Crippen LogP contribution in [0, 0.1) is 0 Å². The highest BCUT2D eigenvalue weighted by Crippen LogP contribution is 2.20. The smallest absolute Gasteiger partial charge is 0.0698 e. The van der Waals surface area contributed by atoms with Crippen LogP contribution in [0.25, 0.3) is 10.9 Å². The van der Waals surface area contributed by atoms with E-state index in [-0.39, 0.29) is 6.61 Å². The molecule has 4 heteroatoms. The minimum atomic E-state index is 0.0821. The molecule has 0 atom stereocenters. The minimum Gasteiger partial charge on any atom is -0.394 e. The summed E-state index contributed by atoms with van der Waals surface area (Å²) in [5, 5.41) is 13.1. The fraction of sp³-hybridized carbons (Fsp3) is 0.429. The Kier molecular flexibility index (Phi) is 4.75. The molecular formula is C14H20N2O2. The zero-order chi connectivity index (χ0) is 12.8. The van der Waals surface area contributed by atoms with Crippen molar-refractivity contribution in [2.75, 3.05) is 26.9 Å². The van der Waals surface area contributed by atoms with Gasteiger partial charge in [-0.2, -0.15) is 0 Å². The van der Waals surface area contributed by atoms with Gasteiger partial charge in [0.15, 0.2) is 0 Å². The Balaban J connectivity index is 2.12. The molecule has 0 bridgehead atoms. The molecule has 2 rings (SSSR count).